The van der Waals surface area contributed by atoms with Gasteiger partial charge in [0.2, 0.25) is 17.7 Å². The monoisotopic (exact) mass is 515 g/mol. The fourth-order valence-electron chi connectivity index (χ4n) is 6.62. The molecule has 3 aliphatic rings. The minimum Gasteiger partial charge on any atom is -0.394 e. The number of nitrogens with one attached hydrogen (secondary N) is 2. The van der Waals surface area contributed by atoms with E-state index in [1.807, 2.05) is 44.2 Å². The van der Waals surface area contributed by atoms with Gasteiger partial charge in [-0.2, -0.15) is 0 Å². The number of hydrogen-bond acceptors (Lipinski definition) is 5. The summed E-state index contributed by atoms with van der Waals surface area (Å²) in [6, 6.07) is 8.60. The van der Waals surface area contributed by atoms with E-state index < -0.39 is 28.7 Å². The number of amides is 3. The summed E-state index contributed by atoms with van der Waals surface area (Å²) >= 11 is 1.68. The first-order chi connectivity index (χ1) is 17.3. The van der Waals surface area contributed by atoms with Gasteiger partial charge >= 0.3 is 0 Å². The number of fused-ring (bicyclic) bond motifs is 1. The lowest BCUT2D eigenvalue weighted by Crippen LogP contribution is -2.59. The van der Waals surface area contributed by atoms with Gasteiger partial charge in [0.25, 0.3) is 0 Å². The molecule has 7 nitrogen and oxygen atoms in total. The lowest BCUT2D eigenvalue weighted by molar-refractivity contribution is -0.143. The summed E-state index contributed by atoms with van der Waals surface area (Å²) < 4.78 is -0.659. The normalized spacial score (nSPS) is 31.6. The highest BCUT2D eigenvalue weighted by Gasteiger charge is 2.76. The van der Waals surface area contributed by atoms with Crippen molar-refractivity contribution < 1.29 is 19.5 Å². The molecule has 7 atom stereocenters. The second kappa shape index (κ2) is 11.1. The van der Waals surface area contributed by atoms with E-state index in [9.17, 15) is 19.5 Å². The number of benzene rings is 1. The minimum atomic E-state index is -0.687. The summed E-state index contributed by atoms with van der Waals surface area (Å²) in [6.45, 7) is 8.95. The highest BCUT2D eigenvalue weighted by atomic mass is 32.2. The quantitative estimate of drug-likeness (QED) is 0.394. The number of thioether (sulfide) groups is 1. The second-order valence-corrected chi connectivity index (χ2v) is 12.5. The van der Waals surface area contributed by atoms with Gasteiger partial charge in [-0.05, 0) is 30.2 Å². The van der Waals surface area contributed by atoms with Crippen LogP contribution in [-0.4, -0.2) is 63.0 Å². The Bertz CT molecular complexity index is 957. The third-order valence-electron chi connectivity index (χ3n) is 8.44. The van der Waals surface area contributed by atoms with Crippen LogP contribution < -0.4 is 10.6 Å². The summed E-state index contributed by atoms with van der Waals surface area (Å²) in [4.78, 5) is 43.1. The number of likely N-dealkylation sites (tertiary alicyclic amines) is 1. The van der Waals surface area contributed by atoms with Crippen molar-refractivity contribution in [3.8, 4) is 0 Å². The lowest BCUT2D eigenvalue weighted by Gasteiger charge is -2.40. The smallest absolute Gasteiger partial charge is 0.244 e. The van der Waals surface area contributed by atoms with Gasteiger partial charge in [0, 0.05) is 18.3 Å². The van der Waals surface area contributed by atoms with Crippen LogP contribution in [0.2, 0.25) is 0 Å². The highest BCUT2D eigenvalue weighted by molar-refractivity contribution is 8.02. The molecule has 1 aromatic rings. The van der Waals surface area contributed by atoms with Crippen LogP contribution in [-0.2, 0) is 20.9 Å². The third-order valence-corrected chi connectivity index (χ3v) is 10.5. The molecule has 36 heavy (non-hydrogen) atoms. The maximum atomic E-state index is 14.1. The maximum absolute atomic E-state index is 14.1. The number of aliphatic hydroxyl groups is 1. The third kappa shape index (κ3) is 4.55. The van der Waals surface area contributed by atoms with Crippen molar-refractivity contribution in [1.82, 2.24) is 15.5 Å². The summed E-state index contributed by atoms with van der Waals surface area (Å²) in [6.07, 6.45) is 3.78. The standard InChI is InChI=1S/C28H41N3O4S/c1-5-6-10-13-29-26(34)24-28-18(4)14-21(36-28)22(25(33)30-15-19-11-8-7-9-12-19)23(28)27(35)31(24)20(16-32)17(2)3/h7-9,11-12,17-18,20-24,32H,5-6,10,13-16H2,1-4H3,(H,29,34)(H,30,33)/t18?,20-,21-,22+,23-,24?,28?/m0/s1. The van der Waals surface area contributed by atoms with Crippen LogP contribution in [0.5, 0.6) is 0 Å². The Labute approximate surface area is 219 Å². The molecule has 1 aromatic carbocycles. The number of carbonyl (C=O) groups is 3. The molecule has 0 radical (unpaired) electrons. The van der Waals surface area contributed by atoms with Gasteiger partial charge in [-0.25, -0.2) is 0 Å². The van der Waals surface area contributed by atoms with Crippen molar-refractivity contribution in [1.29, 1.82) is 0 Å². The molecule has 198 valence electrons. The molecule has 3 aliphatic heterocycles. The predicted octanol–water partition coefficient (Wildman–Crippen LogP) is 2.96. The van der Waals surface area contributed by atoms with E-state index in [0.717, 1.165) is 31.2 Å². The van der Waals surface area contributed by atoms with Crippen LogP contribution in [0.15, 0.2) is 30.3 Å². The van der Waals surface area contributed by atoms with Gasteiger partial charge < -0.3 is 20.6 Å². The SMILES string of the molecule is CCCCCNC(=O)C1N([C@@H](CO)C(C)C)C(=O)[C@@H]2[C@H](C(=O)NCc3ccccc3)[C@@H]3CC(C)C12S3. The Kier molecular flexibility index (Phi) is 8.35. The average molecular weight is 516 g/mol. The predicted molar refractivity (Wildman–Crippen MR) is 142 cm³/mol. The lowest BCUT2D eigenvalue weighted by atomic mass is 9.66. The van der Waals surface area contributed by atoms with Crippen molar-refractivity contribution in [2.75, 3.05) is 13.2 Å². The fraction of sp³-hybridized carbons (Fsp3) is 0.679. The van der Waals surface area contributed by atoms with Gasteiger partial charge in [-0.15, -0.1) is 11.8 Å². The van der Waals surface area contributed by atoms with Crippen LogP contribution in [0.3, 0.4) is 0 Å². The van der Waals surface area contributed by atoms with Gasteiger partial charge in [-0.3, -0.25) is 14.4 Å². The van der Waals surface area contributed by atoms with Crippen LogP contribution in [0.25, 0.3) is 0 Å². The van der Waals surface area contributed by atoms with Crippen LogP contribution >= 0.6 is 11.8 Å². The zero-order chi connectivity index (χ0) is 26.0. The number of rotatable bonds is 11. The Morgan fingerprint density at radius 2 is 1.89 bits per heavy atom. The molecule has 3 N–H and O–H groups in total. The van der Waals surface area contributed by atoms with E-state index in [4.69, 9.17) is 0 Å². The number of unbranched alkanes of at least 4 members (excludes halogenated alkanes) is 2. The number of aliphatic hydroxyl groups excluding tert-OH is 1. The molecule has 0 aliphatic carbocycles. The van der Waals surface area contributed by atoms with Crippen LogP contribution in [0.4, 0.5) is 0 Å². The van der Waals surface area contributed by atoms with Crippen molar-refractivity contribution >= 4 is 29.5 Å². The molecule has 3 unspecified atom stereocenters. The van der Waals surface area contributed by atoms with Crippen molar-refractivity contribution in [3.05, 3.63) is 35.9 Å². The van der Waals surface area contributed by atoms with Gasteiger partial charge in [0.1, 0.15) is 6.04 Å². The Morgan fingerprint density at radius 3 is 2.53 bits per heavy atom. The molecule has 8 heteroatoms. The first kappa shape index (κ1) is 27.0. The van der Waals surface area contributed by atoms with Gasteiger partial charge in [0.05, 0.1) is 29.2 Å². The summed E-state index contributed by atoms with van der Waals surface area (Å²) in [7, 11) is 0. The zero-order valence-corrected chi connectivity index (χ0v) is 22.7. The molecule has 3 fully saturated rings. The topological polar surface area (TPSA) is 98.7 Å². The Morgan fingerprint density at radius 1 is 1.17 bits per heavy atom. The van der Waals surface area contributed by atoms with Crippen molar-refractivity contribution in [2.45, 2.75) is 82.0 Å². The number of hydrogen-bond donors (Lipinski definition) is 3. The Balaban J connectivity index is 1.65. The molecule has 3 heterocycles. The van der Waals surface area contributed by atoms with Gasteiger partial charge in [-0.1, -0.05) is 70.9 Å². The van der Waals surface area contributed by atoms with E-state index in [1.54, 1.807) is 16.7 Å². The first-order valence-electron chi connectivity index (χ1n) is 13.5. The Hall–Kier alpha value is -2.06. The molecule has 1 spiro atoms. The molecule has 0 aromatic heterocycles. The molecule has 3 saturated heterocycles. The van der Waals surface area contributed by atoms with Crippen LogP contribution in [0.1, 0.15) is 58.9 Å². The second-order valence-electron chi connectivity index (χ2n) is 11.0. The molecule has 2 bridgehead atoms. The van der Waals surface area contributed by atoms with E-state index in [-0.39, 0.29) is 41.4 Å². The molecular weight excluding hydrogens is 474 g/mol. The largest absolute Gasteiger partial charge is 0.394 e. The maximum Gasteiger partial charge on any atom is 0.244 e. The molecule has 0 saturated carbocycles. The van der Waals surface area contributed by atoms with Crippen molar-refractivity contribution in [2.24, 2.45) is 23.7 Å². The van der Waals surface area contributed by atoms with E-state index >= 15 is 0 Å². The fourth-order valence-corrected chi connectivity index (χ4v) is 9.03. The van der Waals surface area contributed by atoms with Crippen LogP contribution in [0, 0.1) is 23.7 Å². The molecular formula is C28H41N3O4S. The summed E-state index contributed by atoms with van der Waals surface area (Å²) in [5.74, 6) is -1.36. The van der Waals surface area contributed by atoms with E-state index in [0.29, 0.717) is 13.1 Å². The zero-order valence-electron chi connectivity index (χ0n) is 21.9. The number of nitrogens with zero attached hydrogens (tertiary/aromatic N) is 1. The van der Waals surface area contributed by atoms with E-state index in [2.05, 4.69) is 24.5 Å². The highest BCUT2D eigenvalue weighted by Crippen LogP contribution is 2.68. The molecule has 3 amide bonds. The van der Waals surface area contributed by atoms with E-state index in [1.165, 1.54) is 0 Å². The summed E-state index contributed by atoms with van der Waals surface area (Å²) in [5.41, 5.74) is 1.01. The first-order valence-corrected chi connectivity index (χ1v) is 14.4. The summed E-state index contributed by atoms with van der Waals surface area (Å²) in [5, 5.41) is 16.5. The minimum absolute atomic E-state index is 0.00823. The number of carbonyl (C=O) groups excluding carboxylic acids is 3. The van der Waals surface area contributed by atoms with Crippen molar-refractivity contribution in [3.63, 3.8) is 0 Å². The average Bonchev–Trinajstić information content (AvgIpc) is 3.45. The molecule has 4 rings (SSSR count). The van der Waals surface area contributed by atoms with Gasteiger partial charge in [0.15, 0.2) is 0 Å².